The quantitative estimate of drug-likeness (QED) is 0.875. The second-order valence-corrected chi connectivity index (χ2v) is 5.86. The molecule has 1 heterocycles. The van der Waals surface area contributed by atoms with Gasteiger partial charge in [0.15, 0.2) is 0 Å². The molecule has 3 rings (SSSR count). The minimum absolute atomic E-state index is 0.0779. The summed E-state index contributed by atoms with van der Waals surface area (Å²) in [5, 5.41) is 6.49. The van der Waals surface area contributed by atoms with Crippen LogP contribution in [0.25, 0.3) is 0 Å². The van der Waals surface area contributed by atoms with E-state index in [-0.39, 0.29) is 5.91 Å². The van der Waals surface area contributed by atoms with Gasteiger partial charge in [-0.15, -0.1) is 0 Å². The standard InChI is InChI=1S/C16H22N2O/c1-11(12-4-2-3-5-12)18-16(19)14-6-7-15-13(10-14)8-9-17-15/h6-7,10-12,17H,2-5,8-9H2,1H3,(H,18,19)/t11-/m1/s1. The highest BCUT2D eigenvalue weighted by atomic mass is 16.1. The van der Waals surface area contributed by atoms with Crippen molar-refractivity contribution in [2.75, 3.05) is 11.9 Å². The van der Waals surface area contributed by atoms with E-state index in [9.17, 15) is 4.79 Å². The summed E-state index contributed by atoms with van der Waals surface area (Å²) in [6, 6.07) is 6.28. The molecule has 1 aromatic carbocycles. The smallest absolute Gasteiger partial charge is 0.251 e. The zero-order valence-corrected chi connectivity index (χ0v) is 11.5. The van der Waals surface area contributed by atoms with Crippen LogP contribution in [0.15, 0.2) is 18.2 Å². The number of nitrogens with one attached hydrogen (secondary N) is 2. The summed E-state index contributed by atoms with van der Waals surface area (Å²) < 4.78 is 0. The summed E-state index contributed by atoms with van der Waals surface area (Å²) in [4.78, 5) is 12.3. The highest BCUT2D eigenvalue weighted by molar-refractivity contribution is 5.95. The third-order valence-electron chi connectivity index (χ3n) is 4.54. The largest absolute Gasteiger partial charge is 0.384 e. The van der Waals surface area contributed by atoms with Gasteiger partial charge in [-0.2, -0.15) is 0 Å². The first kappa shape index (κ1) is 12.5. The molecule has 1 saturated carbocycles. The number of amides is 1. The van der Waals surface area contributed by atoms with Crippen molar-refractivity contribution >= 4 is 11.6 Å². The molecular weight excluding hydrogens is 236 g/mol. The third kappa shape index (κ3) is 2.60. The highest BCUT2D eigenvalue weighted by Gasteiger charge is 2.23. The third-order valence-corrected chi connectivity index (χ3v) is 4.54. The average Bonchev–Trinajstić information content (AvgIpc) is 3.09. The lowest BCUT2D eigenvalue weighted by Gasteiger charge is -2.20. The van der Waals surface area contributed by atoms with E-state index >= 15 is 0 Å². The molecule has 0 unspecified atom stereocenters. The minimum Gasteiger partial charge on any atom is -0.384 e. The summed E-state index contributed by atoms with van der Waals surface area (Å²) in [6.45, 7) is 3.13. The van der Waals surface area contributed by atoms with Crippen LogP contribution in [0.5, 0.6) is 0 Å². The molecule has 102 valence electrons. The van der Waals surface area contributed by atoms with Gasteiger partial charge in [0.05, 0.1) is 0 Å². The van der Waals surface area contributed by atoms with Crippen LogP contribution in [0.2, 0.25) is 0 Å². The van der Waals surface area contributed by atoms with Crippen molar-refractivity contribution in [2.45, 2.75) is 45.1 Å². The molecule has 1 amide bonds. The Labute approximate surface area is 114 Å². The lowest BCUT2D eigenvalue weighted by molar-refractivity contribution is 0.0927. The van der Waals surface area contributed by atoms with Crippen molar-refractivity contribution < 1.29 is 4.79 Å². The molecule has 19 heavy (non-hydrogen) atoms. The fourth-order valence-electron chi connectivity index (χ4n) is 3.31. The summed E-state index contributed by atoms with van der Waals surface area (Å²) in [5.41, 5.74) is 3.24. The normalized spacial score (nSPS) is 19.8. The summed E-state index contributed by atoms with van der Waals surface area (Å²) in [7, 11) is 0. The van der Waals surface area contributed by atoms with E-state index in [0.29, 0.717) is 12.0 Å². The van der Waals surface area contributed by atoms with Crippen LogP contribution in [-0.4, -0.2) is 18.5 Å². The van der Waals surface area contributed by atoms with Gasteiger partial charge in [-0.05, 0) is 55.9 Å². The minimum atomic E-state index is 0.0779. The Morgan fingerprint density at radius 2 is 2.16 bits per heavy atom. The van der Waals surface area contributed by atoms with Gasteiger partial charge >= 0.3 is 0 Å². The van der Waals surface area contributed by atoms with Crippen LogP contribution < -0.4 is 10.6 Å². The number of hydrogen-bond acceptors (Lipinski definition) is 2. The van der Waals surface area contributed by atoms with Gasteiger partial charge in [-0.1, -0.05) is 12.8 Å². The maximum atomic E-state index is 12.3. The van der Waals surface area contributed by atoms with Gasteiger partial charge in [0.25, 0.3) is 5.91 Å². The molecule has 0 radical (unpaired) electrons. The summed E-state index contributed by atoms with van der Waals surface area (Å²) in [6.07, 6.45) is 6.17. The molecule has 3 nitrogen and oxygen atoms in total. The zero-order chi connectivity index (χ0) is 13.2. The fourth-order valence-corrected chi connectivity index (χ4v) is 3.31. The van der Waals surface area contributed by atoms with Crippen LogP contribution in [0.1, 0.15) is 48.5 Å². The predicted molar refractivity (Wildman–Crippen MR) is 77.5 cm³/mol. The van der Waals surface area contributed by atoms with Gasteiger partial charge in [0.1, 0.15) is 0 Å². The molecular formula is C16H22N2O. The number of carbonyl (C=O) groups is 1. The second-order valence-electron chi connectivity index (χ2n) is 5.86. The first-order valence-electron chi connectivity index (χ1n) is 7.42. The highest BCUT2D eigenvalue weighted by Crippen LogP contribution is 2.28. The Balaban J connectivity index is 1.66. The Morgan fingerprint density at radius 1 is 1.37 bits per heavy atom. The first-order chi connectivity index (χ1) is 9.24. The number of fused-ring (bicyclic) bond motifs is 1. The molecule has 0 bridgehead atoms. The Kier molecular flexibility index (Phi) is 3.45. The van der Waals surface area contributed by atoms with E-state index in [1.54, 1.807) is 0 Å². The molecule has 2 N–H and O–H groups in total. The number of rotatable bonds is 3. The number of benzene rings is 1. The molecule has 3 heteroatoms. The number of hydrogen-bond donors (Lipinski definition) is 2. The summed E-state index contributed by atoms with van der Waals surface area (Å²) >= 11 is 0. The van der Waals surface area contributed by atoms with Crippen LogP contribution in [0, 0.1) is 5.92 Å². The Morgan fingerprint density at radius 3 is 2.95 bits per heavy atom. The lowest BCUT2D eigenvalue weighted by Crippen LogP contribution is -2.37. The van der Waals surface area contributed by atoms with E-state index in [0.717, 1.165) is 18.5 Å². The van der Waals surface area contributed by atoms with Crippen molar-refractivity contribution in [1.82, 2.24) is 5.32 Å². The Bertz CT molecular complexity index is 478. The molecule has 0 saturated heterocycles. The van der Waals surface area contributed by atoms with E-state index < -0.39 is 0 Å². The van der Waals surface area contributed by atoms with Crippen molar-refractivity contribution in [1.29, 1.82) is 0 Å². The molecule has 1 atom stereocenters. The van der Waals surface area contributed by atoms with Gasteiger partial charge in [0, 0.05) is 23.8 Å². The van der Waals surface area contributed by atoms with Crippen molar-refractivity contribution in [3.63, 3.8) is 0 Å². The van der Waals surface area contributed by atoms with Gasteiger partial charge in [-0.3, -0.25) is 4.79 Å². The predicted octanol–water partition coefficient (Wildman–Crippen LogP) is 2.96. The van der Waals surface area contributed by atoms with Crippen molar-refractivity contribution in [3.05, 3.63) is 29.3 Å². The molecule has 0 aromatic heterocycles. The SMILES string of the molecule is C[C@@H](NC(=O)c1ccc2c(c1)CCN2)C1CCCC1. The number of anilines is 1. The van der Waals surface area contributed by atoms with Crippen LogP contribution >= 0.6 is 0 Å². The van der Waals surface area contributed by atoms with E-state index in [1.165, 1.54) is 36.9 Å². The average molecular weight is 258 g/mol. The van der Waals surface area contributed by atoms with Crippen LogP contribution in [0.3, 0.4) is 0 Å². The lowest BCUT2D eigenvalue weighted by atomic mass is 9.99. The molecule has 2 aliphatic rings. The first-order valence-corrected chi connectivity index (χ1v) is 7.42. The second kappa shape index (κ2) is 5.24. The molecule has 1 aliphatic carbocycles. The van der Waals surface area contributed by atoms with E-state index in [2.05, 4.69) is 17.6 Å². The van der Waals surface area contributed by atoms with E-state index in [1.807, 2.05) is 18.2 Å². The molecule has 1 fully saturated rings. The topological polar surface area (TPSA) is 41.1 Å². The van der Waals surface area contributed by atoms with Gasteiger partial charge in [0.2, 0.25) is 0 Å². The zero-order valence-electron chi connectivity index (χ0n) is 11.5. The molecule has 1 aliphatic heterocycles. The fraction of sp³-hybridized carbons (Fsp3) is 0.562. The molecule has 0 spiro atoms. The number of carbonyl (C=O) groups excluding carboxylic acids is 1. The van der Waals surface area contributed by atoms with Gasteiger partial charge < -0.3 is 10.6 Å². The van der Waals surface area contributed by atoms with Crippen molar-refractivity contribution in [2.24, 2.45) is 5.92 Å². The van der Waals surface area contributed by atoms with E-state index in [4.69, 9.17) is 0 Å². The van der Waals surface area contributed by atoms with Crippen LogP contribution in [-0.2, 0) is 6.42 Å². The maximum Gasteiger partial charge on any atom is 0.251 e. The van der Waals surface area contributed by atoms with Crippen molar-refractivity contribution in [3.8, 4) is 0 Å². The summed E-state index contributed by atoms with van der Waals surface area (Å²) in [5.74, 6) is 0.745. The monoisotopic (exact) mass is 258 g/mol. The maximum absolute atomic E-state index is 12.3. The van der Waals surface area contributed by atoms with Gasteiger partial charge in [-0.25, -0.2) is 0 Å². The van der Waals surface area contributed by atoms with Crippen LogP contribution in [0.4, 0.5) is 5.69 Å². The Hall–Kier alpha value is -1.51. The molecule has 1 aromatic rings.